The van der Waals surface area contributed by atoms with Crippen molar-refractivity contribution < 1.29 is 0 Å². The van der Waals surface area contributed by atoms with Gasteiger partial charge in [0.15, 0.2) is 0 Å². The fraction of sp³-hybridized carbons (Fsp3) is 0.875. The summed E-state index contributed by atoms with van der Waals surface area (Å²) in [5.74, 6) is 0.961. The zero-order valence-electron chi connectivity index (χ0n) is 12.1. The largest absolute Gasteiger partial charge is 0.311 e. The number of nitrogens with one attached hydrogen (secondary N) is 1. The molecule has 17 heavy (non-hydrogen) atoms. The molecule has 0 bridgehead atoms. The third kappa shape index (κ3) is 6.88. The molecule has 1 nitrogen and oxygen atoms in total. The van der Waals surface area contributed by atoms with E-state index in [4.69, 9.17) is 0 Å². The maximum Gasteiger partial charge on any atom is 0.0255 e. The Morgan fingerprint density at radius 3 is 2.35 bits per heavy atom. The van der Waals surface area contributed by atoms with Gasteiger partial charge in [0.1, 0.15) is 0 Å². The fourth-order valence-electron chi connectivity index (χ4n) is 2.90. The van der Waals surface area contributed by atoms with Crippen molar-refractivity contribution in [3.8, 4) is 0 Å². The van der Waals surface area contributed by atoms with Crippen LogP contribution in [-0.4, -0.2) is 12.6 Å². The molecule has 1 N–H and O–H groups in total. The van der Waals surface area contributed by atoms with E-state index >= 15 is 0 Å². The lowest BCUT2D eigenvalue weighted by Crippen LogP contribution is -2.30. The summed E-state index contributed by atoms with van der Waals surface area (Å²) < 4.78 is 0. The second-order valence-electron chi connectivity index (χ2n) is 5.90. The Hall–Kier alpha value is -0.300. The molecule has 1 atom stereocenters. The Morgan fingerprint density at radius 1 is 1.18 bits per heavy atom. The molecule has 0 saturated heterocycles. The lowest BCUT2D eigenvalue weighted by molar-refractivity contribution is 0.381. The predicted octanol–water partition coefficient (Wildman–Crippen LogP) is 4.68. The zero-order chi connectivity index (χ0) is 12.5. The van der Waals surface area contributed by atoms with E-state index in [1.54, 1.807) is 0 Å². The van der Waals surface area contributed by atoms with E-state index in [0.29, 0.717) is 6.04 Å². The second-order valence-corrected chi connectivity index (χ2v) is 5.90. The van der Waals surface area contributed by atoms with Crippen molar-refractivity contribution in [1.82, 2.24) is 5.32 Å². The molecule has 1 unspecified atom stereocenters. The van der Waals surface area contributed by atoms with Gasteiger partial charge in [-0.3, -0.25) is 0 Å². The van der Waals surface area contributed by atoms with Crippen LogP contribution in [0.5, 0.6) is 0 Å². The predicted molar refractivity (Wildman–Crippen MR) is 77.3 cm³/mol. The van der Waals surface area contributed by atoms with Gasteiger partial charge in [-0.05, 0) is 39.2 Å². The first-order valence-corrected chi connectivity index (χ1v) is 7.60. The average molecular weight is 237 g/mol. The van der Waals surface area contributed by atoms with Crippen LogP contribution in [0.3, 0.4) is 0 Å². The topological polar surface area (TPSA) is 12.0 Å². The molecule has 0 amide bonds. The van der Waals surface area contributed by atoms with Gasteiger partial charge in [-0.25, -0.2) is 0 Å². The number of rotatable bonds is 6. The van der Waals surface area contributed by atoms with Crippen LogP contribution >= 0.6 is 0 Å². The van der Waals surface area contributed by atoms with Crippen LogP contribution in [0.15, 0.2) is 11.6 Å². The molecule has 1 heteroatoms. The van der Waals surface area contributed by atoms with E-state index in [1.807, 2.05) is 0 Å². The third-order valence-electron chi connectivity index (χ3n) is 3.75. The molecule has 0 aromatic carbocycles. The monoisotopic (exact) mass is 237 g/mol. The minimum Gasteiger partial charge on any atom is -0.311 e. The van der Waals surface area contributed by atoms with Gasteiger partial charge in [0.05, 0.1) is 0 Å². The molecule has 1 aliphatic carbocycles. The molecule has 0 aromatic rings. The van der Waals surface area contributed by atoms with E-state index in [2.05, 4.69) is 32.2 Å². The van der Waals surface area contributed by atoms with Crippen LogP contribution in [0.25, 0.3) is 0 Å². The summed E-state index contributed by atoms with van der Waals surface area (Å²) in [4.78, 5) is 0. The summed E-state index contributed by atoms with van der Waals surface area (Å²) in [7, 11) is 0. The highest BCUT2D eigenvalue weighted by atomic mass is 14.9. The summed E-state index contributed by atoms with van der Waals surface area (Å²) in [6, 6.07) is 0.614. The maximum absolute atomic E-state index is 3.69. The van der Waals surface area contributed by atoms with Crippen molar-refractivity contribution in [2.75, 3.05) is 6.54 Å². The molecule has 0 aromatic heterocycles. The van der Waals surface area contributed by atoms with Gasteiger partial charge >= 0.3 is 0 Å². The van der Waals surface area contributed by atoms with E-state index in [0.717, 1.165) is 12.5 Å². The van der Waals surface area contributed by atoms with Gasteiger partial charge in [-0.1, -0.05) is 57.1 Å². The average Bonchev–Trinajstić information content (AvgIpc) is 2.53. The van der Waals surface area contributed by atoms with E-state index in [-0.39, 0.29) is 0 Å². The normalized spacial score (nSPS) is 19.7. The molecule has 1 fully saturated rings. The van der Waals surface area contributed by atoms with Crippen molar-refractivity contribution in [3.05, 3.63) is 11.6 Å². The number of hydrogen-bond acceptors (Lipinski definition) is 1. The number of allylic oxidation sites excluding steroid dienone is 1. The van der Waals surface area contributed by atoms with Crippen molar-refractivity contribution in [2.24, 2.45) is 5.92 Å². The van der Waals surface area contributed by atoms with Gasteiger partial charge in [0, 0.05) is 6.04 Å². The Morgan fingerprint density at radius 2 is 1.82 bits per heavy atom. The molecule has 0 heterocycles. The van der Waals surface area contributed by atoms with Crippen LogP contribution in [0.2, 0.25) is 0 Å². The highest BCUT2D eigenvalue weighted by Crippen LogP contribution is 2.26. The molecule has 0 radical (unpaired) electrons. The minimum atomic E-state index is 0.614. The standard InChI is InChI=1S/C16H31N/c1-4-11-17-16(12-14(2)3)13-15-9-7-5-6-8-10-15/h12,15-17H,4-11,13H2,1-3H3. The van der Waals surface area contributed by atoms with Crippen LogP contribution in [0.4, 0.5) is 0 Å². The summed E-state index contributed by atoms with van der Waals surface area (Å²) in [6.45, 7) is 7.83. The van der Waals surface area contributed by atoms with E-state index < -0.39 is 0 Å². The van der Waals surface area contributed by atoms with Crippen LogP contribution < -0.4 is 5.32 Å². The number of hydrogen-bond donors (Lipinski definition) is 1. The van der Waals surface area contributed by atoms with Gasteiger partial charge < -0.3 is 5.32 Å². The highest BCUT2D eigenvalue weighted by Gasteiger charge is 2.16. The first kappa shape index (κ1) is 14.8. The maximum atomic E-state index is 3.69. The van der Waals surface area contributed by atoms with Crippen molar-refractivity contribution in [1.29, 1.82) is 0 Å². The molecule has 0 aliphatic heterocycles. The van der Waals surface area contributed by atoms with Gasteiger partial charge in [0.25, 0.3) is 0 Å². The first-order chi connectivity index (χ1) is 8.22. The Labute approximate surface area is 108 Å². The zero-order valence-corrected chi connectivity index (χ0v) is 12.1. The van der Waals surface area contributed by atoms with Crippen LogP contribution in [-0.2, 0) is 0 Å². The fourth-order valence-corrected chi connectivity index (χ4v) is 2.90. The van der Waals surface area contributed by atoms with Crippen molar-refractivity contribution >= 4 is 0 Å². The van der Waals surface area contributed by atoms with Crippen molar-refractivity contribution in [2.45, 2.75) is 78.2 Å². The molecular formula is C16H31N. The van der Waals surface area contributed by atoms with Crippen LogP contribution in [0.1, 0.15) is 72.1 Å². The third-order valence-corrected chi connectivity index (χ3v) is 3.75. The smallest absolute Gasteiger partial charge is 0.0255 e. The quantitative estimate of drug-likeness (QED) is 0.522. The summed E-state index contributed by atoms with van der Waals surface area (Å²) in [5.41, 5.74) is 1.45. The van der Waals surface area contributed by atoms with Gasteiger partial charge in [0.2, 0.25) is 0 Å². The lowest BCUT2D eigenvalue weighted by Gasteiger charge is -2.21. The summed E-state index contributed by atoms with van der Waals surface area (Å²) in [5, 5.41) is 3.69. The summed E-state index contributed by atoms with van der Waals surface area (Å²) in [6.07, 6.45) is 13.8. The Kier molecular flexibility index (Phi) is 7.59. The Bertz CT molecular complexity index is 208. The molecule has 100 valence electrons. The SMILES string of the molecule is CCCNC(C=C(C)C)CC1CCCCCC1. The Balaban J connectivity index is 2.42. The second kappa shape index (κ2) is 8.74. The van der Waals surface area contributed by atoms with Gasteiger partial charge in [-0.2, -0.15) is 0 Å². The molecule has 1 aliphatic rings. The summed E-state index contributed by atoms with van der Waals surface area (Å²) >= 11 is 0. The minimum absolute atomic E-state index is 0.614. The highest BCUT2D eigenvalue weighted by molar-refractivity contribution is 5.01. The molecule has 1 rings (SSSR count). The molecular weight excluding hydrogens is 206 g/mol. The van der Waals surface area contributed by atoms with Crippen molar-refractivity contribution in [3.63, 3.8) is 0 Å². The van der Waals surface area contributed by atoms with E-state index in [1.165, 1.54) is 56.9 Å². The molecule has 0 spiro atoms. The first-order valence-electron chi connectivity index (χ1n) is 7.60. The lowest BCUT2D eigenvalue weighted by atomic mass is 9.92. The van der Waals surface area contributed by atoms with E-state index in [9.17, 15) is 0 Å². The van der Waals surface area contributed by atoms with Crippen LogP contribution in [0, 0.1) is 5.92 Å². The molecule has 1 saturated carbocycles. The van der Waals surface area contributed by atoms with Gasteiger partial charge in [-0.15, -0.1) is 0 Å².